The van der Waals surface area contributed by atoms with Gasteiger partial charge >= 0.3 is 5.97 Å². The number of carbonyl (C=O) groups excluding carboxylic acids is 2. The number of aromatic nitrogens is 4. The van der Waals surface area contributed by atoms with Gasteiger partial charge < -0.3 is 9.94 Å². The van der Waals surface area contributed by atoms with E-state index in [0.29, 0.717) is 23.1 Å². The largest absolute Gasteiger partial charge is 0.394 e. The average Bonchev–Trinajstić information content (AvgIpc) is 2.98. The molecule has 124 valence electrons. The summed E-state index contributed by atoms with van der Waals surface area (Å²) in [5, 5.41) is 20.7. The second-order valence-corrected chi connectivity index (χ2v) is 6.90. The molecule has 3 heterocycles. The lowest BCUT2D eigenvalue weighted by molar-refractivity contribution is -0.149. The van der Waals surface area contributed by atoms with Gasteiger partial charge in [-0.05, 0) is 16.0 Å². The Morgan fingerprint density at radius 1 is 1.57 bits per heavy atom. The first-order valence-corrected chi connectivity index (χ1v) is 8.75. The minimum atomic E-state index is -0.714. The van der Waals surface area contributed by atoms with Crippen LogP contribution in [0.4, 0.5) is 0 Å². The van der Waals surface area contributed by atoms with Gasteiger partial charge in [0.2, 0.25) is 11.1 Å². The maximum atomic E-state index is 11.9. The topological polar surface area (TPSA) is 136 Å². The molecule has 1 fully saturated rings. The maximum Gasteiger partial charge on any atom is 0.373 e. The average molecular weight is 358 g/mol. The highest BCUT2D eigenvalue weighted by Crippen LogP contribution is 2.41. The van der Waals surface area contributed by atoms with E-state index in [1.54, 1.807) is 11.8 Å². The molecule has 0 saturated carbocycles. The lowest BCUT2D eigenvalue weighted by atomic mass is 10.1. The van der Waals surface area contributed by atoms with E-state index in [-0.39, 0.29) is 30.1 Å². The molecule has 12 heteroatoms. The number of hydrogen-bond donors (Lipinski definition) is 2. The van der Waals surface area contributed by atoms with E-state index < -0.39 is 5.97 Å². The number of carbonyl (C=O) groups is 2. The van der Waals surface area contributed by atoms with E-state index in [1.165, 1.54) is 21.3 Å². The van der Waals surface area contributed by atoms with Gasteiger partial charge in [-0.25, -0.2) is 9.48 Å². The lowest BCUT2D eigenvalue weighted by Gasteiger charge is -2.44. The zero-order chi connectivity index (χ0) is 16.4. The normalized spacial score (nSPS) is 20.3. The Labute approximate surface area is 139 Å². The van der Waals surface area contributed by atoms with Crippen molar-refractivity contribution in [3.63, 3.8) is 0 Å². The molecular weight excluding hydrogens is 344 g/mol. The van der Waals surface area contributed by atoms with E-state index in [9.17, 15) is 9.59 Å². The van der Waals surface area contributed by atoms with E-state index in [0.717, 1.165) is 5.57 Å². The van der Waals surface area contributed by atoms with E-state index in [2.05, 4.69) is 20.4 Å². The lowest BCUT2D eigenvalue weighted by Crippen LogP contribution is -2.54. The molecule has 2 aliphatic heterocycles. The van der Waals surface area contributed by atoms with Gasteiger partial charge in [0.25, 0.3) is 0 Å². The number of fused-ring (bicyclic) bond motifs is 1. The van der Waals surface area contributed by atoms with Crippen molar-refractivity contribution in [1.29, 1.82) is 0 Å². The number of hydrogen-bond acceptors (Lipinski definition) is 10. The number of tetrazole rings is 1. The Bertz CT molecular complexity index is 663. The van der Waals surface area contributed by atoms with Gasteiger partial charge in [-0.1, -0.05) is 11.8 Å². The van der Waals surface area contributed by atoms with Crippen LogP contribution in [0, 0.1) is 0 Å². The predicted octanol–water partition coefficient (Wildman–Crippen LogP) is -1.27. The second-order valence-electron chi connectivity index (χ2n) is 4.79. The number of rotatable bonds is 6. The summed E-state index contributed by atoms with van der Waals surface area (Å²) in [5.41, 5.74) is 0.972. The number of β-lactam (4-membered cyclic amide) rings is 1. The number of amides is 1. The van der Waals surface area contributed by atoms with Crippen LogP contribution in [0.15, 0.2) is 16.4 Å². The Morgan fingerprint density at radius 3 is 3.09 bits per heavy atom. The Morgan fingerprint density at radius 2 is 2.39 bits per heavy atom. The van der Waals surface area contributed by atoms with Crippen molar-refractivity contribution < 1.29 is 19.5 Å². The minimum absolute atomic E-state index is 0.0231. The van der Waals surface area contributed by atoms with Crippen molar-refractivity contribution in [2.75, 3.05) is 18.1 Å². The van der Waals surface area contributed by atoms with Crippen molar-refractivity contribution in [2.24, 2.45) is 5.90 Å². The van der Waals surface area contributed by atoms with Gasteiger partial charge in [0.15, 0.2) is 0 Å². The van der Waals surface area contributed by atoms with Crippen molar-refractivity contribution >= 4 is 35.4 Å². The summed E-state index contributed by atoms with van der Waals surface area (Å²) in [7, 11) is 0. The molecular formula is C11H14N6O4S2. The first kappa shape index (κ1) is 16.2. The monoisotopic (exact) mass is 358 g/mol. The molecule has 0 aromatic carbocycles. The zero-order valence-corrected chi connectivity index (χ0v) is 13.5. The molecule has 1 amide bonds. The van der Waals surface area contributed by atoms with Gasteiger partial charge in [0, 0.05) is 11.5 Å². The standard InChI is InChI=1S/C11H14N6O4S2/c12-21-10(20)9-6(4-22-8-3-7(19)17(8)9)5-23-11-13-14-15-16(11)1-2-18/h8,18H,1-5,12H2/t8-/m0/s1. The predicted molar refractivity (Wildman–Crippen MR) is 80.6 cm³/mol. The summed E-state index contributed by atoms with van der Waals surface area (Å²) in [6, 6.07) is 0. The third kappa shape index (κ3) is 3.06. The maximum absolute atomic E-state index is 11.9. The summed E-state index contributed by atoms with van der Waals surface area (Å²) < 4.78 is 1.47. The van der Waals surface area contributed by atoms with Crippen LogP contribution in [0.5, 0.6) is 0 Å². The van der Waals surface area contributed by atoms with Crippen molar-refractivity contribution in [2.45, 2.75) is 23.5 Å². The Hall–Kier alpha value is -1.63. The third-order valence-corrected chi connectivity index (χ3v) is 5.74. The molecule has 2 aliphatic rings. The first-order valence-electron chi connectivity index (χ1n) is 6.72. The molecule has 0 bridgehead atoms. The highest BCUT2D eigenvalue weighted by atomic mass is 32.2. The summed E-state index contributed by atoms with van der Waals surface area (Å²) in [6.45, 7) is 0.208. The first-order chi connectivity index (χ1) is 11.2. The molecule has 3 N–H and O–H groups in total. The fraction of sp³-hybridized carbons (Fsp3) is 0.545. The van der Waals surface area contributed by atoms with Crippen LogP contribution in [0.25, 0.3) is 0 Å². The smallest absolute Gasteiger partial charge is 0.373 e. The molecule has 0 aliphatic carbocycles. The van der Waals surface area contributed by atoms with Crippen LogP contribution in [0.2, 0.25) is 0 Å². The van der Waals surface area contributed by atoms with Crippen LogP contribution < -0.4 is 5.90 Å². The van der Waals surface area contributed by atoms with Crippen molar-refractivity contribution in [3.8, 4) is 0 Å². The quantitative estimate of drug-likeness (QED) is 0.360. The zero-order valence-electron chi connectivity index (χ0n) is 11.9. The second kappa shape index (κ2) is 6.86. The highest BCUT2D eigenvalue weighted by molar-refractivity contribution is 8.00. The third-order valence-electron chi connectivity index (χ3n) is 3.42. The molecule has 1 saturated heterocycles. The molecule has 1 aromatic rings. The SMILES string of the molecule is NOC(=O)C1=C(CSc2nnnn2CCO)CS[C@H]2CC(=O)N12. The summed E-state index contributed by atoms with van der Waals surface area (Å²) >= 11 is 2.91. The van der Waals surface area contributed by atoms with E-state index in [1.807, 2.05) is 0 Å². The van der Waals surface area contributed by atoms with Gasteiger partial charge in [-0.2, -0.15) is 5.90 Å². The van der Waals surface area contributed by atoms with Crippen LogP contribution in [0.1, 0.15) is 6.42 Å². The van der Waals surface area contributed by atoms with Gasteiger partial charge in [-0.3, -0.25) is 9.69 Å². The van der Waals surface area contributed by atoms with Gasteiger partial charge in [-0.15, -0.1) is 16.9 Å². The van der Waals surface area contributed by atoms with Crippen molar-refractivity contribution in [1.82, 2.24) is 25.1 Å². The number of aliphatic hydroxyl groups excluding tert-OH is 1. The highest BCUT2D eigenvalue weighted by Gasteiger charge is 2.45. The van der Waals surface area contributed by atoms with Crippen LogP contribution >= 0.6 is 23.5 Å². The number of aliphatic hydroxyl groups is 1. The van der Waals surface area contributed by atoms with E-state index >= 15 is 0 Å². The summed E-state index contributed by atoms with van der Waals surface area (Å²) in [6.07, 6.45) is 0.418. The number of thioether (sulfide) groups is 2. The molecule has 0 unspecified atom stereocenters. The summed E-state index contributed by atoms with van der Waals surface area (Å²) in [4.78, 5) is 29.5. The molecule has 23 heavy (non-hydrogen) atoms. The number of nitrogens with two attached hydrogens (primary N) is 1. The molecule has 0 radical (unpaired) electrons. The molecule has 1 atom stereocenters. The number of nitrogens with zero attached hydrogens (tertiary/aromatic N) is 5. The van der Waals surface area contributed by atoms with Crippen LogP contribution in [-0.2, 0) is 21.0 Å². The van der Waals surface area contributed by atoms with Crippen molar-refractivity contribution in [3.05, 3.63) is 11.3 Å². The fourth-order valence-corrected chi connectivity index (χ4v) is 4.63. The molecule has 0 spiro atoms. The minimum Gasteiger partial charge on any atom is -0.394 e. The molecule has 1 aromatic heterocycles. The Kier molecular flexibility index (Phi) is 4.84. The summed E-state index contributed by atoms with van der Waals surface area (Å²) in [5.74, 6) is 5.19. The van der Waals surface area contributed by atoms with E-state index in [4.69, 9.17) is 11.0 Å². The molecule has 3 rings (SSSR count). The fourth-order valence-electron chi connectivity index (χ4n) is 2.32. The van der Waals surface area contributed by atoms with Crippen LogP contribution in [-0.4, -0.2) is 65.6 Å². The Balaban J connectivity index is 1.79. The van der Waals surface area contributed by atoms with Gasteiger partial charge in [0.05, 0.1) is 24.9 Å². The van der Waals surface area contributed by atoms with Crippen LogP contribution in [0.3, 0.4) is 0 Å². The van der Waals surface area contributed by atoms with Gasteiger partial charge in [0.1, 0.15) is 5.70 Å². The molecule has 10 nitrogen and oxygen atoms in total.